The number of aryl methyl sites for hydroxylation is 2. The summed E-state index contributed by atoms with van der Waals surface area (Å²) in [5.41, 5.74) is 3.86. The average molecular weight is 462 g/mol. The van der Waals surface area contributed by atoms with Gasteiger partial charge in [0, 0.05) is 44.2 Å². The molecule has 1 aromatic carbocycles. The van der Waals surface area contributed by atoms with Crippen molar-refractivity contribution in [2.75, 3.05) is 19.8 Å². The van der Waals surface area contributed by atoms with E-state index >= 15 is 0 Å². The highest BCUT2D eigenvalue weighted by Crippen LogP contribution is 2.32. The molecule has 1 aliphatic heterocycles. The fourth-order valence-corrected chi connectivity index (χ4v) is 3.89. The zero-order valence-corrected chi connectivity index (χ0v) is 19.3. The quantitative estimate of drug-likeness (QED) is 0.399. The lowest BCUT2D eigenvalue weighted by Crippen LogP contribution is -2.28. The van der Waals surface area contributed by atoms with Crippen LogP contribution < -0.4 is 14.8 Å². The van der Waals surface area contributed by atoms with Crippen LogP contribution in [-0.2, 0) is 19.4 Å². The summed E-state index contributed by atoms with van der Waals surface area (Å²) in [6, 6.07) is 7.57. The Kier molecular flexibility index (Phi) is 6.43. The van der Waals surface area contributed by atoms with Crippen LogP contribution in [0.15, 0.2) is 42.9 Å². The number of pyridine rings is 1. The zero-order chi connectivity index (χ0) is 23.3. The molecular weight excluding hydrogens is 434 g/mol. The first kappa shape index (κ1) is 22.0. The smallest absolute Gasteiger partial charge is 0.178 e. The van der Waals surface area contributed by atoms with Crippen LogP contribution in [0, 0.1) is 0 Å². The Morgan fingerprint density at radius 2 is 1.91 bits per heavy atom. The summed E-state index contributed by atoms with van der Waals surface area (Å²) in [4.78, 5) is 4.45. The Bertz CT molecular complexity index is 1250. The number of fused-ring (bicyclic) bond motifs is 1. The normalized spacial score (nSPS) is 13.7. The van der Waals surface area contributed by atoms with Gasteiger partial charge in [-0.25, -0.2) is 0 Å². The minimum absolute atomic E-state index is 0.275. The molecule has 11 heteroatoms. The number of nitrogens with zero attached hydrogens (tertiary/aromatic N) is 8. The van der Waals surface area contributed by atoms with E-state index in [-0.39, 0.29) is 6.04 Å². The van der Waals surface area contributed by atoms with Gasteiger partial charge in [0.05, 0.1) is 17.4 Å². The van der Waals surface area contributed by atoms with Crippen molar-refractivity contribution < 1.29 is 9.47 Å². The van der Waals surface area contributed by atoms with Crippen LogP contribution in [0.1, 0.15) is 42.5 Å². The summed E-state index contributed by atoms with van der Waals surface area (Å²) in [7, 11) is 0. The highest BCUT2D eigenvalue weighted by atomic mass is 16.6. The summed E-state index contributed by atoms with van der Waals surface area (Å²) in [6.45, 7) is 6.67. The third-order valence-electron chi connectivity index (χ3n) is 5.72. The lowest BCUT2D eigenvalue weighted by molar-refractivity contribution is 0.171. The number of rotatable bonds is 9. The molecule has 0 amide bonds. The molecule has 1 unspecified atom stereocenters. The topological polar surface area (TPSA) is 118 Å². The Balaban J connectivity index is 1.45. The van der Waals surface area contributed by atoms with E-state index < -0.39 is 0 Å². The van der Waals surface area contributed by atoms with Crippen LogP contribution in [0.2, 0.25) is 0 Å². The number of benzene rings is 1. The van der Waals surface area contributed by atoms with Gasteiger partial charge >= 0.3 is 0 Å². The maximum atomic E-state index is 5.76. The predicted molar refractivity (Wildman–Crippen MR) is 123 cm³/mol. The first-order valence-corrected chi connectivity index (χ1v) is 11.5. The highest BCUT2D eigenvalue weighted by Gasteiger charge is 2.24. The summed E-state index contributed by atoms with van der Waals surface area (Å²) in [6.07, 6.45) is 7.32. The number of nitrogens with one attached hydrogen (secondary N) is 1. The molecule has 0 saturated carbocycles. The summed E-state index contributed by atoms with van der Waals surface area (Å²) >= 11 is 0. The summed E-state index contributed by atoms with van der Waals surface area (Å²) < 4.78 is 15.0. The van der Waals surface area contributed by atoms with E-state index in [9.17, 15) is 0 Å². The summed E-state index contributed by atoms with van der Waals surface area (Å²) in [5.74, 6) is 2.06. The Morgan fingerprint density at radius 1 is 1.03 bits per heavy atom. The molecule has 3 aromatic heterocycles. The Hall–Kier alpha value is -3.86. The van der Waals surface area contributed by atoms with Crippen LogP contribution >= 0.6 is 0 Å². The molecule has 4 aromatic rings. The number of hydrogen-bond donors (Lipinski definition) is 1. The fraction of sp³-hybridized carbons (Fsp3) is 0.391. The van der Waals surface area contributed by atoms with E-state index in [1.165, 1.54) is 0 Å². The predicted octanol–water partition coefficient (Wildman–Crippen LogP) is 1.92. The zero-order valence-electron chi connectivity index (χ0n) is 19.3. The largest absolute Gasteiger partial charge is 0.486 e. The molecule has 0 aliphatic carbocycles. The third kappa shape index (κ3) is 4.60. The van der Waals surface area contributed by atoms with Crippen molar-refractivity contribution in [3.05, 3.63) is 65.5 Å². The number of ether oxygens (including phenoxy) is 2. The van der Waals surface area contributed by atoms with Crippen LogP contribution in [0.5, 0.6) is 11.5 Å². The molecule has 4 heterocycles. The maximum absolute atomic E-state index is 5.76. The van der Waals surface area contributed by atoms with E-state index in [0.717, 1.165) is 47.6 Å². The Labute approximate surface area is 197 Å². The molecule has 0 saturated heterocycles. The van der Waals surface area contributed by atoms with Crippen LogP contribution in [-0.4, -0.2) is 59.9 Å². The monoisotopic (exact) mass is 461 g/mol. The van der Waals surface area contributed by atoms with Gasteiger partial charge in [-0.05, 0) is 47.0 Å². The lowest BCUT2D eigenvalue weighted by Gasteiger charge is -2.21. The highest BCUT2D eigenvalue weighted by molar-refractivity contribution is 5.49. The first-order chi connectivity index (χ1) is 16.7. The van der Waals surface area contributed by atoms with Gasteiger partial charge in [0.2, 0.25) is 0 Å². The number of aromatic nitrogens is 8. The molecule has 5 rings (SSSR count). The van der Waals surface area contributed by atoms with Gasteiger partial charge in [0.15, 0.2) is 17.3 Å². The van der Waals surface area contributed by atoms with Crippen molar-refractivity contribution >= 4 is 0 Å². The first-order valence-electron chi connectivity index (χ1n) is 11.5. The standard InChI is InChI=1S/C23H27N9O2/c1-3-16-11-17(14-24-13-16)22(25-8-7-18-15-31(4-2)29-26-18)23-27-28-30-32(23)19-5-6-20-21(12-19)34-10-9-33-20/h5-6,11-15,22,25H,3-4,7-10H2,1-2H3. The van der Waals surface area contributed by atoms with Gasteiger partial charge in [-0.2, -0.15) is 4.68 Å². The van der Waals surface area contributed by atoms with E-state index in [1.807, 2.05) is 48.4 Å². The molecule has 1 N–H and O–H groups in total. The minimum Gasteiger partial charge on any atom is -0.486 e. The van der Waals surface area contributed by atoms with Gasteiger partial charge in [0.25, 0.3) is 0 Å². The molecule has 1 atom stereocenters. The molecule has 1 aliphatic rings. The van der Waals surface area contributed by atoms with Crippen molar-refractivity contribution in [2.24, 2.45) is 0 Å². The Morgan fingerprint density at radius 3 is 2.74 bits per heavy atom. The average Bonchev–Trinajstić information content (AvgIpc) is 3.56. The minimum atomic E-state index is -0.275. The molecule has 0 spiro atoms. The van der Waals surface area contributed by atoms with Gasteiger partial charge in [-0.15, -0.1) is 10.2 Å². The molecule has 176 valence electrons. The summed E-state index contributed by atoms with van der Waals surface area (Å²) in [5, 5.41) is 24.6. The fourth-order valence-electron chi connectivity index (χ4n) is 3.89. The second-order valence-electron chi connectivity index (χ2n) is 7.96. The van der Waals surface area contributed by atoms with Gasteiger partial charge < -0.3 is 14.8 Å². The van der Waals surface area contributed by atoms with Gasteiger partial charge in [0.1, 0.15) is 13.2 Å². The van der Waals surface area contributed by atoms with Crippen molar-refractivity contribution in [2.45, 2.75) is 39.3 Å². The molecule has 0 radical (unpaired) electrons. The van der Waals surface area contributed by atoms with E-state index in [1.54, 1.807) is 4.68 Å². The number of hydrogen-bond acceptors (Lipinski definition) is 9. The number of tetrazole rings is 1. The van der Waals surface area contributed by atoms with Crippen LogP contribution in [0.3, 0.4) is 0 Å². The second kappa shape index (κ2) is 9.96. The molecule has 34 heavy (non-hydrogen) atoms. The lowest BCUT2D eigenvalue weighted by atomic mass is 10.0. The van der Waals surface area contributed by atoms with Gasteiger partial charge in [-0.1, -0.05) is 18.2 Å². The van der Waals surface area contributed by atoms with Gasteiger partial charge in [-0.3, -0.25) is 9.67 Å². The van der Waals surface area contributed by atoms with Crippen molar-refractivity contribution in [1.29, 1.82) is 0 Å². The van der Waals surface area contributed by atoms with E-state index in [2.05, 4.69) is 49.1 Å². The third-order valence-corrected chi connectivity index (χ3v) is 5.72. The molecule has 0 bridgehead atoms. The second-order valence-corrected chi connectivity index (χ2v) is 7.96. The molecule has 0 fully saturated rings. The molecular formula is C23H27N9O2. The van der Waals surface area contributed by atoms with Crippen LogP contribution in [0.25, 0.3) is 5.69 Å². The maximum Gasteiger partial charge on any atom is 0.178 e. The SMILES string of the molecule is CCc1cncc(C(NCCc2cn(CC)nn2)c2nnnn2-c2ccc3c(c2)OCCO3)c1. The van der Waals surface area contributed by atoms with Crippen molar-refractivity contribution in [3.8, 4) is 17.2 Å². The van der Waals surface area contributed by atoms with E-state index in [0.29, 0.717) is 31.3 Å². The van der Waals surface area contributed by atoms with E-state index in [4.69, 9.17) is 9.47 Å². The van der Waals surface area contributed by atoms with Crippen molar-refractivity contribution in [3.63, 3.8) is 0 Å². The van der Waals surface area contributed by atoms with Crippen molar-refractivity contribution in [1.82, 2.24) is 45.5 Å². The molecule has 11 nitrogen and oxygen atoms in total. The van der Waals surface area contributed by atoms with Crippen LogP contribution in [0.4, 0.5) is 0 Å².